The van der Waals surface area contributed by atoms with Crippen LogP contribution in [0.1, 0.15) is 47.5 Å². The quantitative estimate of drug-likeness (QED) is 0.325. The van der Waals surface area contributed by atoms with Crippen LogP contribution in [-0.2, 0) is 28.7 Å². The van der Waals surface area contributed by atoms with Crippen molar-refractivity contribution in [1.82, 2.24) is 21.1 Å². The van der Waals surface area contributed by atoms with Crippen LogP contribution in [-0.4, -0.2) is 73.2 Å². The molecule has 0 spiro atoms. The molecule has 10 nitrogen and oxygen atoms in total. The van der Waals surface area contributed by atoms with Gasteiger partial charge < -0.3 is 20.1 Å². The molecule has 1 saturated heterocycles. The molecule has 0 aliphatic carbocycles. The largest absolute Gasteiger partial charge is 0.468 e. The maximum Gasteiger partial charge on any atom is 0.327 e. The normalized spacial score (nSPS) is 22.3. The van der Waals surface area contributed by atoms with Crippen LogP contribution in [0.15, 0.2) is 12.7 Å². The van der Waals surface area contributed by atoms with E-state index in [9.17, 15) is 19.2 Å². The molecule has 0 aromatic heterocycles. The molecule has 3 N–H and O–H groups in total. The molecule has 0 saturated carbocycles. The molecular weight excluding hydrogens is 416 g/mol. The summed E-state index contributed by atoms with van der Waals surface area (Å²) in [6.45, 7) is 12.6. The van der Waals surface area contributed by atoms with Crippen molar-refractivity contribution in [2.75, 3.05) is 20.8 Å². The van der Waals surface area contributed by atoms with Gasteiger partial charge >= 0.3 is 5.97 Å². The summed E-state index contributed by atoms with van der Waals surface area (Å²) in [5, 5.41) is 6.76. The summed E-state index contributed by atoms with van der Waals surface area (Å²) in [4.78, 5) is 50.5. The molecule has 1 aliphatic heterocycles. The van der Waals surface area contributed by atoms with Crippen LogP contribution >= 0.6 is 0 Å². The smallest absolute Gasteiger partial charge is 0.327 e. The van der Waals surface area contributed by atoms with Crippen LogP contribution in [0, 0.1) is 11.8 Å². The first kappa shape index (κ1) is 27.6. The van der Waals surface area contributed by atoms with E-state index in [-0.39, 0.29) is 17.7 Å². The molecule has 3 amide bonds. The topological polar surface area (TPSA) is 126 Å². The predicted molar refractivity (Wildman–Crippen MR) is 119 cm³/mol. The third kappa shape index (κ3) is 6.77. The number of rotatable bonds is 10. The van der Waals surface area contributed by atoms with Crippen molar-refractivity contribution in [2.24, 2.45) is 11.8 Å². The van der Waals surface area contributed by atoms with Crippen molar-refractivity contribution in [1.29, 1.82) is 0 Å². The number of methoxy groups -OCH3 is 2. The number of nitrogens with one attached hydrogen (secondary N) is 3. The van der Waals surface area contributed by atoms with Gasteiger partial charge in [0.15, 0.2) is 0 Å². The Bertz CT molecular complexity index is 713. The lowest BCUT2D eigenvalue weighted by molar-refractivity contribution is -0.157. The van der Waals surface area contributed by atoms with E-state index in [1.165, 1.54) is 25.3 Å². The fourth-order valence-corrected chi connectivity index (χ4v) is 3.61. The van der Waals surface area contributed by atoms with Gasteiger partial charge in [-0.05, 0) is 32.6 Å². The maximum atomic E-state index is 12.9. The van der Waals surface area contributed by atoms with Gasteiger partial charge in [-0.25, -0.2) is 5.43 Å². The lowest BCUT2D eigenvalue weighted by Gasteiger charge is -2.40. The fourth-order valence-electron chi connectivity index (χ4n) is 3.61. The highest BCUT2D eigenvalue weighted by Crippen LogP contribution is 2.20. The van der Waals surface area contributed by atoms with E-state index in [1.54, 1.807) is 34.6 Å². The fraction of sp³-hybridized carbons (Fsp3) is 0.727. The van der Waals surface area contributed by atoms with Gasteiger partial charge in [-0.15, -0.1) is 6.58 Å². The highest BCUT2D eigenvalue weighted by atomic mass is 16.5. The summed E-state index contributed by atoms with van der Waals surface area (Å²) in [6.07, 6.45) is 2.18. The molecule has 0 aromatic rings. The Balaban J connectivity index is 2.82. The van der Waals surface area contributed by atoms with E-state index in [2.05, 4.69) is 22.6 Å². The van der Waals surface area contributed by atoms with Crippen molar-refractivity contribution in [3.8, 4) is 0 Å². The van der Waals surface area contributed by atoms with Crippen molar-refractivity contribution in [2.45, 2.75) is 71.2 Å². The zero-order valence-corrected chi connectivity index (χ0v) is 20.2. The number of hydrazine groups is 1. The first-order chi connectivity index (χ1) is 14.9. The molecule has 0 radical (unpaired) electrons. The molecular formula is C22H38N4O6. The SMILES string of the molecule is C=CC(OC)C(C)C(=O)NC(C(=O)NC(C)C(=O)N1CCCC(C)(C(=O)OC)N1)C(C)C. The lowest BCUT2D eigenvalue weighted by atomic mass is 9.94. The Morgan fingerprint density at radius 3 is 2.22 bits per heavy atom. The highest BCUT2D eigenvalue weighted by molar-refractivity contribution is 5.92. The maximum absolute atomic E-state index is 12.9. The molecule has 32 heavy (non-hydrogen) atoms. The molecule has 5 atom stereocenters. The van der Waals surface area contributed by atoms with Gasteiger partial charge in [0.05, 0.1) is 19.1 Å². The minimum absolute atomic E-state index is 0.214. The van der Waals surface area contributed by atoms with E-state index in [4.69, 9.17) is 9.47 Å². The second-order valence-electron chi connectivity index (χ2n) is 8.71. The van der Waals surface area contributed by atoms with Gasteiger partial charge in [0.2, 0.25) is 11.8 Å². The minimum atomic E-state index is -1.01. The van der Waals surface area contributed by atoms with E-state index in [0.29, 0.717) is 19.4 Å². The van der Waals surface area contributed by atoms with Crippen LogP contribution < -0.4 is 16.1 Å². The van der Waals surface area contributed by atoms with Crippen molar-refractivity contribution in [3.63, 3.8) is 0 Å². The van der Waals surface area contributed by atoms with Crippen molar-refractivity contribution < 1.29 is 28.7 Å². The summed E-state index contributed by atoms with van der Waals surface area (Å²) in [5.74, 6) is -2.43. The van der Waals surface area contributed by atoms with E-state index < -0.39 is 41.5 Å². The summed E-state index contributed by atoms with van der Waals surface area (Å²) in [6, 6.07) is -1.71. The Morgan fingerprint density at radius 2 is 1.72 bits per heavy atom. The Morgan fingerprint density at radius 1 is 1.09 bits per heavy atom. The highest BCUT2D eigenvalue weighted by Gasteiger charge is 2.41. The molecule has 0 aromatic carbocycles. The summed E-state index contributed by atoms with van der Waals surface area (Å²) < 4.78 is 10.0. The number of hydrogen-bond donors (Lipinski definition) is 3. The van der Waals surface area contributed by atoms with Gasteiger partial charge in [0.25, 0.3) is 5.91 Å². The summed E-state index contributed by atoms with van der Waals surface area (Å²) in [7, 11) is 2.78. The second kappa shape index (κ2) is 12.0. The molecule has 1 heterocycles. The number of hydrogen-bond acceptors (Lipinski definition) is 7. The first-order valence-corrected chi connectivity index (χ1v) is 10.9. The van der Waals surface area contributed by atoms with Gasteiger partial charge in [-0.1, -0.05) is 26.8 Å². The number of amides is 3. The van der Waals surface area contributed by atoms with Gasteiger partial charge in [0, 0.05) is 13.7 Å². The number of ether oxygens (including phenoxy) is 2. The predicted octanol–water partition coefficient (Wildman–Crippen LogP) is 0.528. The van der Waals surface area contributed by atoms with E-state index >= 15 is 0 Å². The average Bonchev–Trinajstić information content (AvgIpc) is 2.76. The summed E-state index contributed by atoms with van der Waals surface area (Å²) in [5.41, 5.74) is 1.91. The first-order valence-electron chi connectivity index (χ1n) is 10.9. The molecule has 0 bridgehead atoms. The number of carbonyl (C=O) groups excluding carboxylic acids is 4. The second-order valence-corrected chi connectivity index (χ2v) is 8.71. The number of esters is 1. The monoisotopic (exact) mass is 454 g/mol. The van der Waals surface area contributed by atoms with Crippen LogP contribution in [0.4, 0.5) is 0 Å². The molecule has 1 fully saturated rings. The van der Waals surface area contributed by atoms with Crippen molar-refractivity contribution >= 4 is 23.7 Å². The molecule has 1 aliphatic rings. The summed E-state index contributed by atoms with van der Waals surface area (Å²) >= 11 is 0. The van der Waals surface area contributed by atoms with E-state index in [0.717, 1.165) is 0 Å². The Kier molecular flexibility index (Phi) is 10.3. The molecule has 1 rings (SSSR count). The minimum Gasteiger partial charge on any atom is -0.468 e. The standard InChI is InChI=1S/C22H38N4O6/c1-9-16(31-7)14(4)18(27)24-17(13(2)3)19(28)23-15(5)20(29)26-12-10-11-22(6,25-26)21(30)32-8/h9,13-17,25H,1,10-12H2,2-8H3,(H,23,28)(H,24,27). The Hall–Kier alpha value is -2.46. The van der Waals surface area contributed by atoms with Gasteiger partial charge in [0.1, 0.15) is 17.6 Å². The Labute approximate surface area is 190 Å². The average molecular weight is 455 g/mol. The zero-order valence-electron chi connectivity index (χ0n) is 20.2. The zero-order chi connectivity index (χ0) is 24.6. The lowest BCUT2D eigenvalue weighted by Crippen LogP contribution is -2.65. The number of carbonyl (C=O) groups is 4. The molecule has 182 valence electrons. The van der Waals surface area contributed by atoms with Crippen molar-refractivity contribution in [3.05, 3.63) is 12.7 Å². The van der Waals surface area contributed by atoms with Crippen LogP contribution in [0.3, 0.4) is 0 Å². The molecule has 10 heteroatoms. The van der Waals surface area contributed by atoms with E-state index in [1.807, 2.05) is 0 Å². The van der Waals surface area contributed by atoms with Gasteiger partial charge in [-0.2, -0.15) is 0 Å². The third-order valence-corrected chi connectivity index (χ3v) is 5.73. The third-order valence-electron chi connectivity index (χ3n) is 5.73. The van der Waals surface area contributed by atoms with Gasteiger partial charge in [-0.3, -0.25) is 24.2 Å². The number of nitrogens with zero attached hydrogens (tertiary/aromatic N) is 1. The van der Waals surface area contributed by atoms with Crippen LogP contribution in [0.2, 0.25) is 0 Å². The van der Waals surface area contributed by atoms with Crippen LogP contribution in [0.25, 0.3) is 0 Å². The van der Waals surface area contributed by atoms with Crippen LogP contribution in [0.5, 0.6) is 0 Å². The molecule has 5 unspecified atom stereocenters.